The van der Waals surface area contributed by atoms with Crippen LogP contribution in [0, 0.1) is 46.3 Å². The van der Waals surface area contributed by atoms with E-state index in [0.717, 1.165) is 12.0 Å². The number of hydrogen-bond donors (Lipinski definition) is 0. The predicted octanol–water partition coefficient (Wildman–Crippen LogP) is 4.35. The van der Waals surface area contributed by atoms with Gasteiger partial charge in [-0.2, -0.15) is 23.3 Å². The minimum Gasteiger partial charge on any atom is -1.00 e. The quantitative estimate of drug-likeness (QED) is 0.350. The zero-order valence-corrected chi connectivity index (χ0v) is 30.2. The molecular weight excluding hydrogens is 635 g/mol. The van der Waals surface area contributed by atoms with E-state index < -0.39 is 0 Å². The Bertz CT molecular complexity index is 1430. The molecule has 1 fully saturated rings. The first-order chi connectivity index (χ1) is 18.6. The van der Waals surface area contributed by atoms with Crippen molar-refractivity contribution in [1.29, 1.82) is 0 Å². The van der Waals surface area contributed by atoms with Gasteiger partial charge < -0.3 is 29.2 Å². The van der Waals surface area contributed by atoms with E-state index in [4.69, 9.17) is 4.42 Å². The summed E-state index contributed by atoms with van der Waals surface area (Å²) in [6, 6.07) is 19.3. The van der Waals surface area contributed by atoms with Gasteiger partial charge in [0.05, 0.1) is 0 Å². The smallest absolute Gasteiger partial charge is 1.00 e. The Balaban J connectivity index is 0.000000317. The van der Waals surface area contributed by atoms with Crippen LogP contribution in [0.2, 0.25) is 0 Å². The van der Waals surface area contributed by atoms with Crippen molar-refractivity contribution in [3.05, 3.63) is 113 Å². The van der Waals surface area contributed by atoms with Gasteiger partial charge in [0.25, 0.3) is 0 Å². The van der Waals surface area contributed by atoms with Gasteiger partial charge in [-0.1, -0.05) is 131 Å². The monoisotopic (exact) mass is 676 g/mol. The van der Waals surface area contributed by atoms with Gasteiger partial charge in [0.2, 0.25) is 0 Å². The summed E-state index contributed by atoms with van der Waals surface area (Å²) in [6.45, 7) is 20.2. The van der Waals surface area contributed by atoms with Crippen LogP contribution in [0.25, 0.3) is 16.7 Å². The number of furan rings is 1. The molecule has 0 saturated heterocycles. The minimum absolute atomic E-state index is 0. The first-order valence-electron chi connectivity index (χ1n) is 15.0. The second kappa shape index (κ2) is 12.8. The van der Waals surface area contributed by atoms with E-state index in [-0.39, 0.29) is 61.8 Å². The first kappa shape index (κ1) is 34.9. The van der Waals surface area contributed by atoms with Crippen LogP contribution in [0.4, 0.5) is 0 Å². The van der Waals surface area contributed by atoms with E-state index in [9.17, 15) is 0 Å². The summed E-state index contributed by atoms with van der Waals surface area (Å²) >= 11 is 0. The van der Waals surface area contributed by atoms with Crippen LogP contribution in [-0.2, 0) is 32.6 Å². The van der Waals surface area contributed by atoms with Crippen LogP contribution >= 0.6 is 0 Å². The molecule has 3 aromatic rings. The fourth-order valence-electron chi connectivity index (χ4n) is 8.83. The Labute approximate surface area is 285 Å². The maximum atomic E-state index is 4.94. The Morgan fingerprint density at radius 3 is 2.17 bits per heavy atom. The van der Waals surface area contributed by atoms with Crippen molar-refractivity contribution < 1.29 is 55.4 Å². The molecule has 1 saturated carbocycles. The van der Waals surface area contributed by atoms with Crippen LogP contribution in [0.1, 0.15) is 66.5 Å². The normalized spacial score (nSPS) is 32.2. The third-order valence-corrected chi connectivity index (χ3v) is 12.0. The van der Waals surface area contributed by atoms with Gasteiger partial charge in [0, 0.05) is 17.9 Å². The standard InChI is InChI=1S/C29H37.C9H7O.2ClH.Zr/c1-16-13-14-25-26-23-12-10-9-11-22(23)15-24(26)27-19(4)17(2)18(3)21(6)29(27,8)28(25,7)20(16)5;1-2-4-8(3-1)9-5-6-10-7-9;;;/h9-14,16-18,20-21H,15H2,1-8H3;1-7H;2*1H;/q2*-1;;;+4/p-2. The summed E-state index contributed by atoms with van der Waals surface area (Å²) in [6.07, 6.45) is 9.54. The van der Waals surface area contributed by atoms with E-state index in [1.807, 2.05) is 18.2 Å². The van der Waals surface area contributed by atoms with E-state index in [0.29, 0.717) is 29.6 Å². The molecule has 0 spiro atoms. The molecule has 4 aliphatic rings. The Morgan fingerprint density at radius 2 is 1.52 bits per heavy atom. The summed E-state index contributed by atoms with van der Waals surface area (Å²) < 4.78 is 4.94. The Hall–Kier alpha value is -1.60. The van der Waals surface area contributed by atoms with Gasteiger partial charge in [-0.3, -0.25) is 0 Å². The molecular formula is C38H44Cl2OZr. The van der Waals surface area contributed by atoms with Gasteiger partial charge >= 0.3 is 26.2 Å². The van der Waals surface area contributed by atoms with Crippen molar-refractivity contribution in [2.45, 2.75) is 61.8 Å². The average molecular weight is 679 g/mol. The molecule has 7 rings (SSSR count). The average Bonchev–Trinajstić information content (AvgIpc) is 3.71. The molecule has 4 heteroatoms. The summed E-state index contributed by atoms with van der Waals surface area (Å²) in [7, 11) is 0. The largest absolute Gasteiger partial charge is 4.00 e. The maximum absolute atomic E-state index is 4.94. The van der Waals surface area contributed by atoms with Gasteiger partial charge in [0.15, 0.2) is 0 Å². The van der Waals surface area contributed by atoms with Crippen molar-refractivity contribution in [2.75, 3.05) is 0 Å². The molecule has 0 aliphatic heterocycles. The SMILES string of the molecule is C[C-]1C2=C3Cc4ccccc4C3=C3C=CC(C)C(C)C3(C)C2(C)C(C)C(C)C1C.[Cl-].[Cl-].[Zr+4].c1cc[c-](-c2ccoc2)c1. The third-order valence-electron chi connectivity index (χ3n) is 12.0. The zero-order chi connectivity index (χ0) is 27.7. The number of hydrogen-bond acceptors (Lipinski definition) is 1. The summed E-state index contributed by atoms with van der Waals surface area (Å²) in [5.74, 6) is 4.93. The van der Waals surface area contributed by atoms with E-state index in [1.54, 1.807) is 40.7 Å². The molecule has 1 nitrogen and oxygen atoms in total. The molecule has 1 heterocycles. The van der Waals surface area contributed by atoms with E-state index >= 15 is 0 Å². The predicted molar refractivity (Wildman–Crippen MR) is 164 cm³/mol. The van der Waals surface area contributed by atoms with Gasteiger partial charge in [-0.05, 0) is 34.7 Å². The van der Waals surface area contributed by atoms with Crippen LogP contribution in [0.15, 0.2) is 100 Å². The summed E-state index contributed by atoms with van der Waals surface area (Å²) in [4.78, 5) is 0. The Kier molecular flexibility index (Phi) is 10.6. The van der Waals surface area contributed by atoms with Gasteiger partial charge in [-0.25, -0.2) is 5.92 Å². The maximum Gasteiger partial charge on any atom is 4.00 e. The van der Waals surface area contributed by atoms with Crippen LogP contribution in [0.5, 0.6) is 0 Å². The molecule has 0 bridgehead atoms. The van der Waals surface area contributed by atoms with Crippen LogP contribution in [-0.4, -0.2) is 0 Å². The number of allylic oxidation sites excluding steroid dienone is 6. The topological polar surface area (TPSA) is 13.1 Å². The molecule has 42 heavy (non-hydrogen) atoms. The van der Waals surface area contributed by atoms with E-state index in [1.165, 1.54) is 16.7 Å². The molecule has 7 unspecified atom stereocenters. The Morgan fingerprint density at radius 1 is 0.857 bits per heavy atom. The molecule has 2 aromatic carbocycles. The fourth-order valence-corrected chi connectivity index (χ4v) is 8.83. The number of fused-ring (bicyclic) bond motifs is 6. The van der Waals surface area contributed by atoms with Crippen molar-refractivity contribution in [3.8, 4) is 11.1 Å². The number of halogens is 2. The van der Waals surface area contributed by atoms with Crippen molar-refractivity contribution >= 4 is 5.57 Å². The van der Waals surface area contributed by atoms with Crippen molar-refractivity contribution in [2.24, 2.45) is 40.4 Å². The fraction of sp³-hybridized carbons (Fsp3) is 0.421. The second-order valence-electron chi connectivity index (χ2n) is 13.2. The summed E-state index contributed by atoms with van der Waals surface area (Å²) in [5, 5.41) is 0. The molecule has 0 radical (unpaired) electrons. The molecule has 220 valence electrons. The molecule has 0 amide bonds. The molecule has 1 aromatic heterocycles. The zero-order valence-electron chi connectivity index (χ0n) is 26.3. The van der Waals surface area contributed by atoms with E-state index in [2.05, 4.69) is 104 Å². The number of benzene rings is 1. The first-order valence-corrected chi connectivity index (χ1v) is 15.0. The van der Waals surface area contributed by atoms with Gasteiger partial charge in [0.1, 0.15) is 0 Å². The number of rotatable bonds is 1. The van der Waals surface area contributed by atoms with Crippen LogP contribution in [0.3, 0.4) is 0 Å². The molecule has 4 aliphatic carbocycles. The van der Waals surface area contributed by atoms with Crippen LogP contribution < -0.4 is 24.8 Å². The third kappa shape index (κ3) is 4.84. The minimum atomic E-state index is 0. The van der Waals surface area contributed by atoms with Crippen molar-refractivity contribution in [1.82, 2.24) is 0 Å². The van der Waals surface area contributed by atoms with Crippen molar-refractivity contribution in [3.63, 3.8) is 0 Å². The van der Waals surface area contributed by atoms with Gasteiger partial charge in [-0.15, -0.1) is 19.1 Å². The molecule has 0 N–H and O–H groups in total. The second-order valence-corrected chi connectivity index (χ2v) is 13.2. The molecule has 7 atom stereocenters. The summed E-state index contributed by atoms with van der Waals surface area (Å²) in [5.41, 5.74) is 12.3.